The number of thioether (sulfide) groups is 1. The van der Waals surface area contributed by atoms with Crippen molar-refractivity contribution in [2.75, 3.05) is 38.2 Å². The smallest absolute Gasteiger partial charge is 0.244 e. The number of aromatic nitrogens is 2. The standard InChI is InChI=1S/C17H25N5O2S2.ClH/c1-12(16-19-15(20-24-16)14-4-3-10-26-14)21-6-8-22(9-7-21)17(23)13(18)5-11-25-2;/h3-4,10,12-13H,5-9,11,18H2,1-2H3;1H/t12?,13-;/m0./s1. The van der Waals surface area contributed by atoms with Crippen molar-refractivity contribution in [2.45, 2.75) is 25.4 Å². The lowest BCUT2D eigenvalue weighted by molar-refractivity contribution is -0.134. The Morgan fingerprint density at radius 3 is 2.78 bits per heavy atom. The molecular formula is C17H26ClN5O2S2. The first-order valence-corrected chi connectivity index (χ1v) is 11.0. The van der Waals surface area contributed by atoms with Gasteiger partial charge in [-0.3, -0.25) is 9.69 Å². The average molecular weight is 432 g/mol. The molecule has 27 heavy (non-hydrogen) atoms. The van der Waals surface area contributed by atoms with Crippen LogP contribution in [-0.2, 0) is 4.79 Å². The number of piperazine rings is 1. The van der Waals surface area contributed by atoms with Crippen molar-refractivity contribution in [1.29, 1.82) is 0 Å². The fraction of sp³-hybridized carbons (Fsp3) is 0.588. The summed E-state index contributed by atoms with van der Waals surface area (Å²) in [6, 6.07) is 3.59. The van der Waals surface area contributed by atoms with E-state index in [1.165, 1.54) is 0 Å². The van der Waals surface area contributed by atoms with Crippen molar-refractivity contribution in [3.8, 4) is 10.7 Å². The van der Waals surface area contributed by atoms with Gasteiger partial charge in [-0.05, 0) is 36.8 Å². The summed E-state index contributed by atoms with van der Waals surface area (Å²) in [4.78, 5) is 22.1. The summed E-state index contributed by atoms with van der Waals surface area (Å²) in [6.07, 6.45) is 2.75. The molecule has 1 amide bonds. The molecule has 2 aromatic heterocycles. The van der Waals surface area contributed by atoms with Crippen LogP contribution in [0.1, 0.15) is 25.3 Å². The van der Waals surface area contributed by atoms with E-state index < -0.39 is 6.04 Å². The van der Waals surface area contributed by atoms with Gasteiger partial charge < -0.3 is 15.2 Å². The molecule has 7 nitrogen and oxygen atoms in total. The van der Waals surface area contributed by atoms with Crippen LogP contribution in [0.15, 0.2) is 22.0 Å². The molecule has 1 fully saturated rings. The molecule has 10 heteroatoms. The number of carbonyl (C=O) groups excluding carboxylic acids is 1. The third-order valence-corrected chi connectivity index (χ3v) is 6.17. The van der Waals surface area contributed by atoms with Crippen LogP contribution < -0.4 is 5.73 Å². The van der Waals surface area contributed by atoms with Crippen molar-refractivity contribution in [3.63, 3.8) is 0 Å². The summed E-state index contributed by atoms with van der Waals surface area (Å²) >= 11 is 3.31. The largest absolute Gasteiger partial charge is 0.339 e. The Morgan fingerprint density at radius 2 is 2.15 bits per heavy atom. The quantitative estimate of drug-likeness (QED) is 0.720. The van der Waals surface area contributed by atoms with Crippen molar-refractivity contribution in [2.24, 2.45) is 5.73 Å². The first-order chi connectivity index (χ1) is 12.6. The molecule has 1 aliphatic heterocycles. The number of nitrogens with zero attached hydrogens (tertiary/aromatic N) is 4. The number of amides is 1. The van der Waals surface area contributed by atoms with Crippen molar-refractivity contribution >= 4 is 41.4 Å². The highest BCUT2D eigenvalue weighted by molar-refractivity contribution is 7.98. The van der Waals surface area contributed by atoms with Crippen LogP contribution in [0.25, 0.3) is 10.7 Å². The van der Waals surface area contributed by atoms with E-state index in [2.05, 4.69) is 22.0 Å². The topological polar surface area (TPSA) is 88.5 Å². The van der Waals surface area contributed by atoms with Gasteiger partial charge in [-0.1, -0.05) is 11.2 Å². The minimum absolute atomic E-state index is 0. The lowest BCUT2D eigenvalue weighted by atomic mass is 10.1. The lowest BCUT2D eigenvalue weighted by Gasteiger charge is -2.37. The van der Waals surface area contributed by atoms with Gasteiger partial charge in [0.25, 0.3) is 0 Å². The number of thiophene rings is 1. The highest BCUT2D eigenvalue weighted by Crippen LogP contribution is 2.26. The Kier molecular flexibility index (Phi) is 8.56. The average Bonchev–Trinajstić information content (AvgIpc) is 3.36. The fourth-order valence-electron chi connectivity index (χ4n) is 3.00. The number of rotatable bonds is 7. The van der Waals surface area contributed by atoms with E-state index in [-0.39, 0.29) is 24.4 Å². The van der Waals surface area contributed by atoms with E-state index in [4.69, 9.17) is 10.3 Å². The maximum atomic E-state index is 12.4. The van der Waals surface area contributed by atoms with Crippen molar-refractivity contribution < 1.29 is 9.32 Å². The summed E-state index contributed by atoms with van der Waals surface area (Å²) in [7, 11) is 0. The van der Waals surface area contributed by atoms with Crippen LogP contribution in [-0.4, -0.2) is 70.1 Å². The van der Waals surface area contributed by atoms with Crippen LogP contribution in [0.2, 0.25) is 0 Å². The van der Waals surface area contributed by atoms with E-state index in [0.29, 0.717) is 24.8 Å². The summed E-state index contributed by atoms with van der Waals surface area (Å²) in [5.41, 5.74) is 6.02. The lowest BCUT2D eigenvalue weighted by Crippen LogP contribution is -2.53. The Morgan fingerprint density at radius 1 is 1.41 bits per heavy atom. The van der Waals surface area contributed by atoms with E-state index in [9.17, 15) is 4.79 Å². The molecule has 0 radical (unpaired) electrons. The second-order valence-corrected chi connectivity index (χ2v) is 8.29. The molecule has 1 aliphatic rings. The predicted octanol–water partition coefficient (Wildman–Crippen LogP) is 2.51. The Hall–Kier alpha value is -1.13. The van der Waals surface area contributed by atoms with E-state index >= 15 is 0 Å². The first-order valence-electron chi connectivity index (χ1n) is 8.75. The van der Waals surface area contributed by atoms with Gasteiger partial charge >= 0.3 is 0 Å². The molecule has 0 aromatic carbocycles. The molecular weight excluding hydrogens is 406 g/mol. The molecule has 1 unspecified atom stereocenters. The SMILES string of the molecule is CSCC[C@H](N)C(=O)N1CCN(C(C)c2nc(-c3cccs3)no2)CC1.Cl. The number of nitrogens with two attached hydrogens (primary N) is 1. The summed E-state index contributed by atoms with van der Waals surface area (Å²) in [5.74, 6) is 2.22. The molecule has 0 bridgehead atoms. The van der Waals surface area contributed by atoms with Gasteiger partial charge in [0, 0.05) is 26.2 Å². The molecule has 0 aliphatic carbocycles. The molecule has 2 N–H and O–H groups in total. The molecule has 3 rings (SSSR count). The van der Waals surface area contributed by atoms with Gasteiger partial charge in [-0.2, -0.15) is 16.7 Å². The maximum Gasteiger partial charge on any atom is 0.244 e. The predicted molar refractivity (Wildman–Crippen MR) is 112 cm³/mol. The molecule has 0 saturated carbocycles. The highest BCUT2D eigenvalue weighted by Gasteiger charge is 2.29. The minimum Gasteiger partial charge on any atom is -0.339 e. The second kappa shape index (κ2) is 10.4. The van der Waals surface area contributed by atoms with Gasteiger partial charge in [0.2, 0.25) is 17.6 Å². The number of carbonyl (C=O) groups is 1. The molecule has 2 atom stereocenters. The zero-order valence-corrected chi connectivity index (χ0v) is 18.0. The molecule has 2 aromatic rings. The summed E-state index contributed by atoms with van der Waals surface area (Å²) in [5, 5.41) is 6.08. The van der Waals surface area contributed by atoms with Crippen LogP contribution in [0, 0.1) is 0 Å². The second-order valence-electron chi connectivity index (χ2n) is 6.36. The highest BCUT2D eigenvalue weighted by atomic mass is 35.5. The number of hydrogen-bond acceptors (Lipinski definition) is 8. The monoisotopic (exact) mass is 431 g/mol. The van der Waals surface area contributed by atoms with Crippen LogP contribution in [0.3, 0.4) is 0 Å². The van der Waals surface area contributed by atoms with Crippen molar-refractivity contribution in [1.82, 2.24) is 19.9 Å². The molecule has 150 valence electrons. The van der Waals surface area contributed by atoms with E-state index in [1.807, 2.05) is 28.7 Å². The van der Waals surface area contributed by atoms with Gasteiger partial charge in [0.1, 0.15) is 0 Å². The maximum absolute atomic E-state index is 12.4. The number of hydrogen-bond donors (Lipinski definition) is 1. The van der Waals surface area contributed by atoms with Crippen LogP contribution >= 0.6 is 35.5 Å². The molecule has 0 spiro atoms. The van der Waals surface area contributed by atoms with E-state index in [0.717, 1.165) is 30.1 Å². The fourth-order valence-corrected chi connectivity index (χ4v) is 4.14. The molecule has 3 heterocycles. The van der Waals surface area contributed by atoms with Gasteiger partial charge in [-0.25, -0.2) is 0 Å². The first kappa shape index (κ1) is 22.2. The zero-order chi connectivity index (χ0) is 18.5. The Labute approximate surface area is 174 Å². The van der Waals surface area contributed by atoms with E-state index in [1.54, 1.807) is 23.1 Å². The van der Waals surface area contributed by atoms with Crippen LogP contribution in [0.4, 0.5) is 0 Å². The zero-order valence-electron chi connectivity index (χ0n) is 15.5. The Bertz CT molecular complexity index is 704. The van der Waals surface area contributed by atoms with Gasteiger partial charge in [0.05, 0.1) is 17.0 Å². The normalized spacial score (nSPS) is 17.4. The van der Waals surface area contributed by atoms with Gasteiger partial charge in [0.15, 0.2) is 0 Å². The third kappa shape index (κ3) is 5.45. The summed E-state index contributed by atoms with van der Waals surface area (Å²) in [6.45, 7) is 4.98. The third-order valence-electron chi connectivity index (χ3n) is 4.66. The molecule has 1 saturated heterocycles. The number of halogens is 1. The van der Waals surface area contributed by atoms with Crippen LogP contribution in [0.5, 0.6) is 0 Å². The Balaban J connectivity index is 0.00000261. The summed E-state index contributed by atoms with van der Waals surface area (Å²) < 4.78 is 5.46. The van der Waals surface area contributed by atoms with Gasteiger partial charge in [-0.15, -0.1) is 23.7 Å². The minimum atomic E-state index is -0.393. The van der Waals surface area contributed by atoms with Crippen molar-refractivity contribution in [3.05, 3.63) is 23.4 Å².